The van der Waals surface area contributed by atoms with Gasteiger partial charge in [-0.2, -0.15) is 0 Å². The lowest BCUT2D eigenvalue weighted by atomic mass is 9.95. The van der Waals surface area contributed by atoms with Gasteiger partial charge in [0.2, 0.25) is 5.28 Å². The normalized spacial score (nSPS) is 11.7. The topological polar surface area (TPSA) is 39.9 Å². The SMILES string of the molecule is COc1ccc(Cl)c(-n2c(Cl)nnc2C(C)(C)C)c1. The van der Waals surface area contributed by atoms with Gasteiger partial charge in [-0.15, -0.1) is 10.2 Å². The van der Waals surface area contributed by atoms with Gasteiger partial charge in [0.05, 0.1) is 17.8 Å². The van der Waals surface area contributed by atoms with Crippen LogP contribution in [-0.4, -0.2) is 21.9 Å². The summed E-state index contributed by atoms with van der Waals surface area (Å²) in [4.78, 5) is 0. The van der Waals surface area contributed by atoms with Gasteiger partial charge in [0.15, 0.2) is 0 Å². The van der Waals surface area contributed by atoms with E-state index in [0.717, 1.165) is 5.82 Å². The van der Waals surface area contributed by atoms with E-state index in [1.807, 2.05) is 26.8 Å². The summed E-state index contributed by atoms with van der Waals surface area (Å²) in [6, 6.07) is 5.37. The fraction of sp³-hybridized carbons (Fsp3) is 0.385. The van der Waals surface area contributed by atoms with E-state index < -0.39 is 0 Å². The molecule has 0 N–H and O–H groups in total. The molecule has 0 fully saturated rings. The third-order valence-electron chi connectivity index (χ3n) is 2.69. The Morgan fingerprint density at radius 1 is 1.16 bits per heavy atom. The van der Waals surface area contributed by atoms with E-state index in [-0.39, 0.29) is 10.7 Å². The van der Waals surface area contributed by atoms with Crippen LogP contribution in [0.5, 0.6) is 5.75 Å². The van der Waals surface area contributed by atoms with Gasteiger partial charge in [-0.3, -0.25) is 4.57 Å². The van der Waals surface area contributed by atoms with Gasteiger partial charge in [-0.25, -0.2) is 0 Å². The largest absolute Gasteiger partial charge is 0.497 e. The number of benzene rings is 1. The zero-order chi connectivity index (χ0) is 14.2. The summed E-state index contributed by atoms with van der Waals surface area (Å²) < 4.78 is 6.96. The van der Waals surface area contributed by atoms with E-state index in [1.165, 1.54) is 0 Å². The quantitative estimate of drug-likeness (QED) is 0.845. The molecule has 0 saturated carbocycles. The van der Waals surface area contributed by atoms with E-state index in [1.54, 1.807) is 23.8 Å². The van der Waals surface area contributed by atoms with Crippen LogP contribution in [0, 0.1) is 0 Å². The van der Waals surface area contributed by atoms with Gasteiger partial charge < -0.3 is 4.74 Å². The number of hydrogen-bond acceptors (Lipinski definition) is 3. The number of aromatic nitrogens is 3. The maximum absolute atomic E-state index is 6.25. The molecule has 0 spiro atoms. The van der Waals surface area contributed by atoms with Gasteiger partial charge in [0.1, 0.15) is 11.6 Å². The Hall–Kier alpha value is -1.26. The van der Waals surface area contributed by atoms with Crippen molar-refractivity contribution in [1.29, 1.82) is 0 Å². The molecular formula is C13H15Cl2N3O. The van der Waals surface area contributed by atoms with Gasteiger partial charge in [-0.1, -0.05) is 32.4 Å². The van der Waals surface area contributed by atoms with Crippen LogP contribution in [0.25, 0.3) is 5.69 Å². The maximum Gasteiger partial charge on any atom is 0.229 e. The molecule has 0 atom stereocenters. The first kappa shape index (κ1) is 14.2. The average Bonchev–Trinajstić information content (AvgIpc) is 2.71. The first-order chi connectivity index (χ1) is 8.84. The number of halogens is 2. The molecule has 1 aromatic heterocycles. The number of methoxy groups -OCH3 is 1. The molecule has 0 amide bonds. The molecule has 6 heteroatoms. The predicted molar refractivity (Wildman–Crippen MR) is 76.6 cm³/mol. The second-order valence-corrected chi connectivity index (χ2v) is 5.94. The minimum Gasteiger partial charge on any atom is -0.497 e. The predicted octanol–water partition coefficient (Wildman–Crippen LogP) is 3.88. The smallest absolute Gasteiger partial charge is 0.229 e. The minimum atomic E-state index is -0.202. The lowest BCUT2D eigenvalue weighted by Gasteiger charge is -2.20. The third kappa shape index (κ3) is 2.69. The van der Waals surface area contributed by atoms with Crippen LogP contribution in [0.1, 0.15) is 26.6 Å². The fourth-order valence-corrected chi connectivity index (χ4v) is 2.17. The Balaban J connectivity index is 2.68. The van der Waals surface area contributed by atoms with Crippen LogP contribution in [0.15, 0.2) is 18.2 Å². The van der Waals surface area contributed by atoms with Crippen LogP contribution in [0.4, 0.5) is 0 Å². The number of ether oxygens (including phenoxy) is 1. The number of nitrogens with zero attached hydrogens (tertiary/aromatic N) is 3. The molecular weight excluding hydrogens is 285 g/mol. The highest BCUT2D eigenvalue weighted by Crippen LogP contribution is 2.32. The molecule has 0 saturated heterocycles. The second-order valence-electron chi connectivity index (χ2n) is 5.20. The molecule has 0 radical (unpaired) electrons. The summed E-state index contributed by atoms with van der Waals surface area (Å²) in [5.41, 5.74) is 0.507. The van der Waals surface area contributed by atoms with Crippen LogP contribution in [0.3, 0.4) is 0 Å². The van der Waals surface area contributed by atoms with E-state index in [2.05, 4.69) is 10.2 Å². The van der Waals surface area contributed by atoms with Crippen molar-refractivity contribution >= 4 is 23.2 Å². The van der Waals surface area contributed by atoms with Crippen molar-refractivity contribution in [1.82, 2.24) is 14.8 Å². The first-order valence-electron chi connectivity index (χ1n) is 5.80. The van der Waals surface area contributed by atoms with Crippen LogP contribution in [-0.2, 0) is 5.41 Å². The van der Waals surface area contributed by atoms with Crippen LogP contribution < -0.4 is 4.74 Å². The van der Waals surface area contributed by atoms with Gasteiger partial charge in [0.25, 0.3) is 0 Å². The Bertz CT molecular complexity index is 602. The van der Waals surface area contributed by atoms with Crippen molar-refractivity contribution < 1.29 is 4.74 Å². The highest BCUT2D eigenvalue weighted by Gasteiger charge is 2.25. The summed E-state index contributed by atoms with van der Waals surface area (Å²) >= 11 is 12.4. The molecule has 0 aliphatic heterocycles. The summed E-state index contributed by atoms with van der Waals surface area (Å²) in [5.74, 6) is 1.44. The maximum atomic E-state index is 6.25. The van der Waals surface area contributed by atoms with Crippen molar-refractivity contribution in [2.75, 3.05) is 7.11 Å². The Kier molecular flexibility index (Phi) is 3.74. The number of rotatable bonds is 2. The molecule has 1 aromatic carbocycles. The van der Waals surface area contributed by atoms with Crippen LogP contribution >= 0.6 is 23.2 Å². The summed E-state index contributed by atoms with van der Waals surface area (Å²) in [6.45, 7) is 6.12. The van der Waals surface area contributed by atoms with Crippen LogP contribution in [0.2, 0.25) is 10.3 Å². The Morgan fingerprint density at radius 3 is 2.42 bits per heavy atom. The van der Waals surface area contributed by atoms with Crippen molar-refractivity contribution in [3.63, 3.8) is 0 Å². The lowest BCUT2D eigenvalue weighted by Crippen LogP contribution is -2.18. The summed E-state index contributed by atoms with van der Waals surface area (Å²) in [6.07, 6.45) is 0. The monoisotopic (exact) mass is 299 g/mol. The van der Waals surface area contributed by atoms with E-state index in [4.69, 9.17) is 27.9 Å². The lowest BCUT2D eigenvalue weighted by molar-refractivity contribution is 0.414. The van der Waals surface area contributed by atoms with Crippen molar-refractivity contribution in [2.24, 2.45) is 0 Å². The van der Waals surface area contributed by atoms with E-state index in [9.17, 15) is 0 Å². The van der Waals surface area contributed by atoms with Crippen molar-refractivity contribution in [2.45, 2.75) is 26.2 Å². The highest BCUT2D eigenvalue weighted by molar-refractivity contribution is 6.33. The van der Waals surface area contributed by atoms with E-state index >= 15 is 0 Å². The van der Waals surface area contributed by atoms with Crippen molar-refractivity contribution in [3.05, 3.63) is 34.3 Å². The molecule has 0 unspecified atom stereocenters. The number of hydrogen-bond donors (Lipinski definition) is 0. The second kappa shape index (κ2) is 5.02. The zero-order valence-electron chi connectivity index (χ0n) is 11.2. The van der Waals surface area contributed by atoms with Gasteiger partial charge in [0, 0.05) is 11.5 Å². The molecule has 19 heavy (non-hydrogen) atoms. The van der Waals surface area contributed by atoms with Gasteiger partial charge in [-0.05, 0) is 23.7 Å². The molecule has 0 aliphatic carbocycles. The zero-order valence-corrected chi connectivity index (χ0v) is 12.7. The molecule has 0 aliphatic rings. The molecule has 2 aromatic rings. The third-order valence-corrected chi connectivity index (χ3v) is 3.25. The molecule has 102 valence electrons. The summed E-state index contributed by atoms with van der Waals surface area (Å²) in [7, 11) is 1.60. The molecule has 4 nitrogen and oxygen atoms in total. The minimum absolute atomic E-state index is 0.202. The Morgan fingerprint density at radius 2 is 1.84 bits per heavy atom. The fourth-order valence-electron chi connectivity index (χ4n) is 1.76. The molecule has 0 bridgehead atoms. The highest BCUT2D eigenvalue weighted by atomic mass is 35.5. The average molecular weight is 300 g/mol. The van der Waals surface area contributed by atoms with Gasteiger partial charge >= 0.3 is 0 Å². The van der Waals surface area contributed by atoms with E-state index in [0.29, 0.717) is 16.5 Å². The first-order valence-corrected chi connectivity index (χ1v) is 6.55. The standard InChI is InChI=1S/C13H15Cl2N3O/c1-13(2,3)11-16-17-12(15)18(11)10-7-8(19-4)5-6-9(10)14/h5-7H,1-4H3. The molecule has 2 rings (SSSR count). The van der Waals surface area contributed by atoms with Crippen molar-refractivity contribution in [3.8, 4) is 11.4 Å². The summed E-state index contributed by atoms with van der Waals surface area (Å²) in [5, 5.41) is 8.92. The molecule has 1 heterocycles. The Labute approximate surface area is 122 Å².